The van der Waals surface area contributed by atoms with Gasteiger partial charge in [0.15, 0.2) is 0 Å². The normalized spacial score (nSPS) is 12.8. The van der Waals surface area contributed by atoms with Crippen LogP contribution in [0.15, 0.2) is 18.2 Å². The van der Waals surface area contributed by atoms with E-state index in [4.69, 9.17) is 23.2 Å². The number of halogens is 2. The van der Waals surface area contributed by atoms with Gasteiger partial charge in [-0.3, -0.25) is 9.10 Å². The SMILES string of the molecule is CCCNC(=O)[C@H](C)N(c1cc(Cl)ccc1Cl)S(C)(=O)=O. The molecule has 0 aromatic heterocycles. The van der Waals surface area contributed by atoms with Crippen molar-refractivity contribution in [1.82, 2.24) is 5.32 Å². The molecule has 1 aromatic rings. The summed E-state index contributed by atoms with van der Waals surface area (Å²) >= 11 is 12.0. The van der Waals surface area contributed by atoms with E-state index in [1.165, 1.54) is 19.1 Å². The molecule has 8 heteroatoms. The minimum atomic E-state index is -3.70. The van der Waals surface area contributed by atoms with E-state index in [9.17, 15) is 13.2 Å². The molecule has 0 bridgehead atoms. The second kappa shape index (κ2) is 7.33. The number of rotatable bonds is 6. The molecular weight excluding hydrogens is 335 g/mol. The van der Waals surface area contributed by atoms with Crippen molar-refractivity contribution in [2.75, 3.05) is 17.1 Å². The molecule has 1 N–H and O–H groups in total. The Labute approximate surface area is 135 Å². The number of hydrogen-bond donors (Lipinski definition) is 1. The minimum absolute atomic E-state index is 0.186. The van der Waals surface area contributed by atoms with E-state index in [1.807, 2.05) is 6.92 Å². The maximum atomic E-state index is 12.1. The number of carbonyl (C=O) groups is 1. The monoisotopic (exact) mass is 352 g/mol. The van der Waals surface area contributed by atoms with Gasteiger partial charge in [0.25, 0.3) is 0 Å². The molecule has 1 aromatic carbocycles. The van der Waals surface area contributed by atoms with Crippen LogP contribution in [0, 0.1) is 0 Å². The van der Waals surface area contributed by atoms with Gasteiger partial charge >= 0.3 is 0 Å². The fourth-order valence-corrected chi connectivity index (χ4v) is 3.44. The van der Waals surface area contributed by atoms with E-state index in [0.29, 0.717) is 11.6 Å². The third kappa shape index (κ3) is 4.76. The molecule has 0 saturated heterocycles. The van der Waals surface area contributed by atoms with Gasteiger partial charge in [-0.05, 0) is 31.5 Å². The highest BCUT2D eigenvalue weighted by Gasteiger charge is 2.30. The smallest absolute Gasteiger partial charge is 0.243 e. The first kappa shape index (κ1) is 18.1. The van der Waals surface area contributed by atoms with Crippen LogP contribution >= 0.6 is 23.2 Å². The summed E-state index contributed by atoms with van der Waals surface area (Å²) in [6, 6.07) is 3.54. The summed E-state index contributed by atoms with van der Waals surface area (Å²) < 4.78 is 25.1. The maximum absolute atomic E-state index is 12.1. The zero-order valence-corrected chi connectivity index (χ0v) is 14.4. The second-order valence-electron chi connectivity index (χ2n) is 4.62. The molecule has 118 valence electrons. The van der Waals surface area contributed by atoms with Gasteiger partial charge in [-0.1, -0.05) is 30.1 Å². The zero-order chi connectivity index (χ0) is 16.2. The summed E-state index contributed by atoms with van der Waals surface area (Å²) in [6.07, 6.45) is 1.78. The van der Waals surface area contributed by atoms with Gasteiger partial charge < -0.3 is 5.32 Å². The second-order valence-corrected chi connectivity index (χ2v) is 7.32. The van der Waals surface area contributed by atoms with Crippen molar-refractivity contribution in [3.8, 4) is 0 Å². The average molecular weight is 353 g/mol. The van der Waals surface area contributed by atoms with Crippen LogP contribution in [-0.2, 0) is 14.8 Å². The molecule has 1 atom stereocenters. The van der Waals surface area contributed by atoms with Gasteiger partial charge in [0.2, 0.25) is 15.9 Å². The van der Waals surface area contributed by atoms with Crippen LogP contribution in [0.3, 0.4) is 0 Å². The van der Waals surface area contributed by atoms with E-state index in [0.717, 1.165) is 17.0 Å². The Bertz CT molecular complexity index is 620. The lowest BCUT2D eigenvalue weighted by Gasteiger charge is -2.29. The highest BCUT2D eigenvalue weighted by molar-refractivity contribution is 7.92. The van der Waals surface area contributed by atoms with Gasteiger partial charge in [0.05, 0.1) is 17.0 Å². The zero-order valence-electron chi connectivity index (χ0n) is 12.1. The van der Waals surface area contributed by atoms with Gasteiger partial charge in [0.1, 0.15) is 6.04 Å². The third-order valence-corrected chi connectivity index (χ3v) is 4.57. The summed E-state index contributed by atoms with van der Waals surface area (Å²) in [6.45, 7) is 3.89. The lowest BCUT2D eigenvalue weighted by atomic mass is 10.2. The Morgan fingerprint density at radius 3 is 2.52 bits per heavy atom. The predicted octanol–water partition coefficient (Wildman–Crippen LogP) is 2.67. The quantitative estimate of drug-likeness (QED) is 0.855. The van der Waals surface area contributed by atoms with Crippen LogP contribution in [0.1, 0.15) is 20.3 Å². The summed E-state index contributed by atoms with van der Waals surface area (Å²) in [5.41, 5.74) is 0.186. The first-order valence-corrected chi connectivity index (χ1v) is 9.01. The Kier molecular flexibility index (Phi) is 6.31. The Morgan fingerprint density at radius 2 is 2.00 bits per heavy atom. The number of carbonyl (C=O) groups excluding carboxylic acids is 1. The molecule has 0 aliphatic rings. The highest BCUT2D eigenvalue weighted by Crippen LogP contribution is 2.32. The van der Waals surface area contributed by atoms with Crippen molar-refractivity contribution >= 4 is 44.8 Å². The van der Waals surface area contributed by atoms with Gasteiger partial charge in [-0.2, -0.15) is 0 Å². The lowest BCUT2D eigenvalue weighted by Crippen LogP contribution is -2.48. The molecule has 21 heavy (non-hydrogen) atoms. The van der Waals surface area contributed by atoms with Crippen molar-refractivity contribution in [1.29, 1.82) is 0 Å². The van der Waals surface area contributed by atoms with Crippen LogP contribution < -0.4 is 9.62 Å². The maximum Gasteiger partial charge on any atom is 0.243 e. The molecule has 0 aliphatic heterocycles. The molecule has 1 rings (SSSR count). The number of nitrogens with one attached hydrogen (secondary N) is 1. The average Bonchev–Trinajstić information content (AvgIpc) is 2.38. The molecule has 0 fully saturated rings. The number of benzene rings is 1. The number of nitrogens with zero attached hydrogens (tertiary/aromatic N) is 1. The number of sulfonamides is 1. The number of anilines is 1. The van der Waals surface area contributed by atoms with Crippen LogP contribution in [0.25, 0.3) is 0 Å². The van der Waals surface area contributed by atoms with Crippen LogP contribution in [0.5, 0.6) is 0 Å². The summed E-state index contributed by atoms with van der Waals surface area (Å²) in [7, 11) is -3.70. The summed E-state index contributed by atoms with van der Waals surface area (Å²) in [4.78, 5) is 12.1. The Balaban J connectivity index is 3.24. The highest BCUT2D eigenvalue weighted by atomic mass is 35.5. The first-order chi connectivity index (χ1) is 9.68. The van der Waals surface area contributed by atoms with Gasteiger partial charge in [-0.15, -0.1) is 0 Å². The van der Waals surface area contributed by atoms with Crippen LogP contribution in [0.4, 0.5) is 5.69 Å². The Hall–Kier alpha value is -0.980. The van der Waals surface area contributed by atoms with Crippen LogP contribution in [0.2, 0.25) is 10.0 Å². The molecule has 0 radical (unpaired) electrons. The molecular formula is C13H18Cl2N2O3S. The van der Waals surface area contributed by atoms with Crippen molar-refractivity contribution in [3.63, 3.8) is 0 Å². The summed E-state index contributed by atoms with van der Waals surface area (Å²) in [5.74, 6) is -0.390. The third-order valence-electron chi connectivity index (χ3n) is 2.78. The van der Waals surface area contributed by atoms with Crippen molar-refractivity contribution in [2.24, 2.45) is 0 Å². The lowest BCUT2D eigenvalue weighted by molar-refractivity contribution is -0.121. The van der Waals surface area contributed by atoms with E-state index < -0.39 is 22.0 Å². The molecule has 0 spiro atoms. The first-order valence-electron chi connectivity index (χ1n) is 6.40. The Morgan fingerprint density at radius 1 is 1.38 bits per heavy atom. The standard InChI is InChI=1S/C13H18Cl2N2O3S/c1-4-7-16-13(18)9(2)17(21(3,19)20)12-8-10(14)5-6-11(12)15/h5-6,8-9H,4,7H2,1-3H3,(H,16,18)/t9-/m0/s1. The molecule has 0 aliphatic carbocycles. The van der Waals surface area contributed by atoms with Crippen LogP contribution in [-0.4, -0.2) is 33.2 Å². The fraction of sp³-hybridized carbons (Fsp3) is 0.462. The van der Waals surface area contributed by atoms with E-state index in [2.05, 4.69) is 5.32 Å². The molecule has 0 unspecified atom stereocenters. The fourth-order valence-electron chi connectivity index (χ4n) is 1.83. The number of amides is 1. The molecule has 1 amide bonds. The predicted molar refractivity (Wildman–Crippen MR) is 86.5 cm³/mol. The summed E-state index contributed by atoms with van der Waals surface area (Å²) in [5, 5.41) is 3.21. The van der Waals surface area contributed by atoms with Crippen molar-refractivity contribution < 1.29 is 13.2 Å². The molecule has 0 heterocycles. The van der Waals surface area contributed by atoms with E-state index >= 15 is 0 Å². The van der Waals surface area contributed by atoms with Crippen molar-refractivity contribution in [3.05, 3.63) is 28.2 Å². The number of hydrogen-bond acceptors (Lipinski definition) is 3. The molecule has 0 saturated carbocycles. The largest absolute Gasteiger partial charge is 0.354 e. The van der Waals surface area contributed by atoms with Gasteiger partial charge in [-0.25, -0.2) is 8.42 Å². The topological polar surface area (TPSA) is 66.5 Å². The van der Waals surface area contributed by atoms with Gasteiger partial charge in [0, 0.05) is 11.6 Å². The minimum Gasteiger partial charge on any atom is -0.354 e. The van der Waals surface area contributed by atoms with E-state index in [-0.39, 0.29) is 10.7 Å². The molecule has 5 nitrogen and oxygen atoms in total. The van der Waals surface area contributed by atoms with Crippen molar-refractivity contribution in [2.45, 2.75) is 26.3 Å². The van der Waals surface area contributed by atoms with E-state index in [1.54, 1.807) is 6.07 Å².